The molecular weight excluding hydrogens is 350 g/mol. The second kappa shape index (κ2) is 7.84. The number of fused-ring (bicyclic) bond motifs is 1. The van der Waals surface area contributed by atoms with Crippen LogP contribution in [0, 0.1) is 0 Å². The summed E-state index contributed by atoms with van der Waals surface area (Å²) < 4.78 is 5.76. The van der Waals surface area contributed by atoms with Crippen LogP contribution in [-0.4, -0.2) is 11.0 Å². The minimum Gasteiger partial charge on any atom is -0.507 e. The summed E-state index contributed by atoms with van der Waals surface area (Å²) in [5.41, 5.74) is 2.27. The smallest absolute Gasteiger partial charge is 0.255 e. The van der Waals surface area contributed by atoms with Crippen molar-refractivity contribution >= 4 is 22.4 Å². The van der Waals surface area contributed by atoms with Gasteiger partial charge in [-0.05, 0) is 42.0 Å². The zero-order valence-electron chi connectivity index (χ0n) is 15.1. The lowest BCUT2D eigenvalue weighted by Gasteiger charge is -2.10. The van der Waals surface area contributed by atoms with E-state index in [4.69, 9.17) is 4.74 Å². The van der Waals surface area contributed by atoms with Gasteiger partial charge >= 0.3 is 0 Å². The van der Waals surface area contributed by atoms with E-state index in [1.54, 1.807) is 42.5 Å². The van der Waals surface area contributed by atoms with Gasteiger partial charge in [0, 0.05) is 22.0 Å². The molecule has 0 fully saturated rings. The predicted octanol–water partition coefficient (Wildman–Crippen LogP) is 5.38. The zero-order valence-corrected chi connectivity index (χ0v) is 15.1. The van der Waals surface area contributed by atoms with E-state index in [1.165, 1.54) is 0 Å². The minimum atomic E-state index is -0.217. The van der Waals surface area contributed by atoms with E-state index in [-0.39, 0.29) is 11.7 Å². The fourth-order valence-electron chi connectivity index (χ4n) is 3.04. The Balaban J connectivity index is 1.46. The average molecular weight is 369 g/mol. The molecule has 28 heavy (non-hydrogen) atoms. The standard InChI is InChI=1S/C24H19NO3/c26-23-11-5-8-20-21(23)9-4-10-22(20)25-24(27)18-12-14-19(15-13-18)28-16-17-6-2-1-3-7-17/h1-15,26H,16H2,(H,25,27). The number of hydrogen-bond donors (Lipinski definition) is 2. The molecule has 138 valence electrons. The molecule has 0 unspecified atom stereocenters. The van der Waals surface area contributed by atoms with Crippen LogP contribution in [0.2, 0.25) is 0 Å². The Labute approximate surface area is 163 Å². The number of phenols is 1. The molecule has 0 aliphatic rings. The maximum absolute atomic E-state index is 12.6. The van der Waals surface area contributed by atoms with Crippen LogP contribution in [0.4, 0.5) is 5.69 Å². The number of anilines is 1. The summed E-state index contributed by atoms with van der Waals surface area (Å²) in [7, 11) is 0. The summed E-state index contributed by atoms with van der Waals surface area (Å²) in [5, 5.41) is 14.4. The van der Waals surface area contributed by atoms with Crippen LogP contribution >= 0.6 is 0 Å². The Morgan fingerprint density at radius 2 is 1.50 bits per heavy atom. The highest BCUT2D eigenvalue weighted by Gasteiger charge is 2.10. The monoisotopic (exact) mass is 369 g/mol. The lowest BCUT2D eigenvalue weighted by molar-refractivity contribution is 0.102. The first-order chi connectivity index (χ1) is 13.7. The molecule has 4 aromatic rings. The second-order valence-corrected chi connectivity index (χ2v) is 6.43. The molecule has 0 saturated heterocycles. The first-order valence-corrected chi connectivity index (χ1v) is 8.99. The maximum atomic E-state index is 12.6. The first kappa shape index (κ1) is 17.6. The van der Waals surface area contributed by atoms with E-state index in [9.17, 15) is 9.90 Å². The number of hydrogen-bond acceptors (Lipinski definition) is 3. The fourth-order valence-corrected chi connectivity index (χ4v) is 3.04. The number of aromatic hydroxyl groups is 1. The van der Waals surface area contributed by atoms with Crippen LogP contribution in [0.5, 0.6) is 11.5 Å². The third-order valence-electron chi connectivity index (χ3n) is 4.51. The van der Waals surface area contributed by atoms with Crippen LogP contribution in [0.1, 0.15) is 15.9 Å². The van der Waals surface area contributed by atoms with Crippen molar-refractivity contribution in [2.24, 2.45) is 0 Å². The Hall–Kier alpha value is -3.79. The van der Waals surface area contributed by atoms with Crippen molar-refractivity contribution in [2.45, 2.75) is 6.61 Å². The van der Waals surface area contributed by atoms with Gasteiger partial charge in [-0.15, -0.1) is 0 Å². The van der Waals surface area contributed by atoms with Gasteiger partial charge in [0.05, 0.1) is 0 Å². The molecule has 4 nitrogen and oxygen atoms in total. The summed E-state index contributed by atoms with van der Waals surface area (Å²) in [6.07, 6.45) is 0. The van der Waals surface area contributed by atoms with Crippen molar-refractivity contribution in [3.05, 3.63) is 102 Å². The summed E-state index contributed by atoms with van der Waals surface area (Å²) in [6.45, 7) is 0.478. The van der Waals surface area contributed by atoms with Crippen molar-refractivity contribution in [2.75, 3.05) is 5.32 Å². The van der Waals surface area contributed by atoms with Crippen LogP contribution < -0.4 is 10.1 Å². The van der Waals surface area contributed by atoms with Gasteiger partial charge < -0.3 is 15.2 Å². The van der Waals surface area contributed by atoms with Crippen molar-refractivity contribution < 1.29 is 14.6 Å². The van der Waals surface area contributed by atoms with E-state index in [0.29, 0.717) is 29.0 Å². The SMILES string of the molecule is O=C(Nc1cccc2c(O)cccc12)c1ccc(OCc2ccccc2)cc1. The number of benzene rings is 4. The number of carbonyl (C=O) groups is 1. The number of carbonyl (C=O) groups excluding carboxylic acids is 1. The minimum absolute atomic E-state index is 0.188. The molecule has 1 amide bonds. The Morgan fingerprint density at radius 3 is 2.29 bits per heavy atom. The third kappa shape index (κ3) is 3.81. The number of nitrogens with one attached hydrogen (secondary N) is 1. The topological polar surface area (TPSA) is 58.6 Å². The number of phenolic OH excluding ortho intramolecular Hbond substituents is 1. The Kier molecular flexibility index (Phi) is 4.93. The predicted molar refractivity (Wildman–Crippen MR) is 111 cm³/mol. The largest absolute Gasteiger partial charge is 0.507 e. The summed E-state index contributed by atoms with van der Waals surface area (Å²) in [5.74, 6) is 0.675. The van der Waals surface area contributed by atoms with E-state index in [0.717, 1.165) is 10.9 Å². The lowest BCUT2D eigenvalue weighted by atomic mass is 10.1. The average Bonchev–Trinajstić information content (AvgIpc) is 2.74. The molecule has 0 heterocycles. The van der Waals surface area contributed by atoms with Gasteiger partial charge in [0.2, 0.25) is 0 Å². The highest BCUT2D eigenvalue weighted by Crippen LogP contribution is 2.30. The highest BCUT2D eigenvalue weighted by molar-refractivity contribution is 6.09. The Morgan fingerprint density at radius 1 is 0.786 bits per heavy atom. The van der Waals surface area contributed by atoms with Crippen LogP contribution in [0.3, 0.4) is 0 Å². The molecule has 0 saturated carbocycles. The van der Waals surface area contributed by atoms with Gasteiger partial charge in [-0.3, -0.25) is 4.79 Å². The maximum Gasteiger partial charge on any atom is 0.255 e. The van der Waals surface area contributed by atoms with Gasteiger partial charge in [-0.25, -0.2) is 0 Å². The van der Waals surface area contributed by atoms with E-state index >= 15 is 0 Å². The van der Waals surface area contributed by atoms with Crippen LogP contribution in [-0.2, 0) is 6.61 Å². The molecule has 0 atom stereocenters. The van der Waals surface area contributed by atoms with Crippen LogP contribution in [0.15, 0.2) is 91.0 Å². The third-order valence-corrected chi connectivity index (χ3v) is 4.51. The molecule has 2 N–H and O–H groups in total. The molecule has 4 rings (SSSR count). The summed E-state index contributed by atoms with van der Waals surface area (Å²) >= 11 is 0. The molecule has 0 bridgehead atoms. The molecular formula is C24H19NO3. The van der Waals surface area contributed by atoms with E-state index in [1.807, 2.05) is 48.5 Å². The molecule has 4 heteroatoms. The fraction of sp³-hybridized carbons (Fsp3) is 0.0417. The van der Waals surface area contributed by atoms with Gasteiger partial charge in [0.25, 0.3) is 5.91 Å². The molecule has 0 aromatic heterocycles. The van der Waals surface area contributed by atoms with Gasteiger partial charge in [-0.1, -0.05) is 54.6 Å². The quantitative estimate of drug-likeness (QED) is 0.497. The number of amides is 1. The molecule has 0 aliphatic carbocycles. The van der Waals surface area contributed by atoms with E-state index in [2.05, 4.69) is 5.32 Å². The van der Waals surface area contributed by atoms with Crippen molar-refractivity contribution in [1.29, 1.82) is 0 Å². The van der Waals surface area contributed by atoms with Crippen molar-refractivity contribution in [3.8, 4) is 11.5 Å². The summed E-state index contributed by atoms with van der Waals surface area (Å²) in [6, 6.07) is 27.6. The van der Waals surface area contributed by atoms with E-state index < -0.39 is 0 Å². The normalized spacial score (nSPS) is 10.6. The van der Waals surface area contributed by atoms with Crippen molar-refractivity contribution in [3.63, 3.8) is 0 Å². The lowest BCUT2D eigenvalue weighted by Crippen LogP contribution is -2.12. The van der Waals surface area contributed by atoms with Gasteiger partial charge in [0.15, 0.2) is 0 Å². The number of rotatable bonds is 5. The summed E-state index contributed by atoms with van der Waals surface area (Å²) in [4.78, 5) is 12.6. The second-order valence-electron chi connectivity index (χ2n) is 6.43. The van der Waals surface area contributed by atoms with Gasteiger partial charge in [0.1, 0.15) is 18.1 Å². The van der Waals surface area contributed by atoms with Crippen LogP contribution in [0.25, 0.3) is 10.8 Å². The molecule has 4 aromatic carbocycles. The first-order valence-electron chi connectivity index (χ1n) is 8.99. The zero-order chi connectivity index (χ0) is 19.3. The molecule has 0 aliphatic heterocycles. The van der Waals surface area contributed by atoms with Gasteiger partial charge in [-0.2, -0.15) is 0 Å². The Bertz CT molecular complexity index is 1110. The number of ether oxygens (including phenoxy) is 1. The molecule has 0 spiro atoms. The van der Waals surface area contributed by atoms with Crippen molar-refractivity contribution in [1.82, 2.24) is 0 Å². The highest BCUT2D eigenvalue weighted by atomic mass is 16.5. The molecule has 0 radical (unpaired) electrons.